The van der Waals surface area contributed by atoms with Crippen LogP contribution in [-0.4, -0.2) is 18.4 Å². The number of aryl methyl sites for hydroxylation is 1. The molecule has 24 heavy (non-hydrogen) atoms. The average Bonchev–Trinajstić information content (AvgIpc) is 2.57. The number of nitrogens with two attached hydrogens (primary N) is 1. The van der Waals surface area contributed by atoms with Gasteiger partial charge in [0.05, 0.1) is 10.7 Å². The van der Waals surface area contributed by atoms with Gasteiger partial charge in [-0.25, -0.2) is 0 Å². The number of amides is 2. The molecular weight excluding hydrogens is 326 g/mol. The molecule has 126 valence electrons. The van der Waals surface area contributed by atoms with E-state index in [0.29, 0.717) is 29.2 Å². The molecule has 0 aromatic heterocycles. The van der Waals surface area contributed by atoms with Crippen molar-refractivity contribution in [1.82, 2.24) is 0 Å². The van der Waals surface area contributed by atoms with Crippen molar-refractivity contribution in [3.05, 3.63) is 59.1 Å². The van der Waals surface area contributed by atoms with Crippen molar-refractivity contribution < 1.29 is 9.59 Å². The van der Waals surface area contributed by atoms with E-state index in [0.717, 1.165) is 5.56 Å². The lowest BCUT2D eigenvalue weighted by molar-refractivity contribution is -0.116. The second kappa shape index (κ2) is 9.05. The van der Waals surface area contributed by atoms with Crippen LogP contribution in [-0.2, 0) is 16.0 Å². The Labute approximate surface area is 146 Å². The van der Waals surface area contributed by atoms with Crippen molar-refractivity contribution in [3.63, 3.8) is 0 Å². The van der Waals surface area contributed by atoms with Crippen molar-refractivity contribution in [1.29, 1.82) is 0 Å². The predicted octanol–water partition coefficient (Wildman–Crippen LogP) is 3.20. The summed E-state index contributed by atoms with van der Waals surface area (Å²) in [6.07, 6.45) is 1.26. The van der Waals surface area contributed by atoms with Gasteiger partial charge < -0.3 is 16.4 Å². The molecule has 0 aliphatic heterocycles. The summed E-state index contributed by atoms with van der Waals surface area (Å²) in [5.74, 6) is -0.313. The maximum absolute atomic E-state index is 12.1. The summed E-state index contributed by atoms with van der Waals surface area (Å²) in [6.45, 7) is 0.263. The van der Waals surface area contributed by atoms with Gasteiger partial charge in [0.15, 0.2) is 0 Å². The number of carbonyl (C=O) groups excluding carboxylic acids is 2. The lowest BCUT2D eigenvalue weighted by atomic mass is 10.1. The Kier molecular flexibility index (Phi) is 6.78. The highest BCUT2D eigenvalue weighted by atomic mass is 35.5. The molecule has 0 heterocycles. The normalized spacial score (nSPS) is 10.2. The molecule has 4 N–H and O–H groups in total. The largest absolute Gasteiger partial charge is 0.330 e. The molecule has 5 nitrogen and oxygen atoms in total. The molecule has 0 atom stereocenters. The van der Waals surface area contributed by atoms with Gasteiger partial charge in [-0.15, -0.1) is 0 Å². The van der Waals surface area contributed by atoms with Gasteiger partial charge >= 0.3 is 0 Å². The monoisotopic (exact) mass is 345 g/mol. The lowest BCUT2D eigenvalue weighted by Gasteiger charge is -2.10. The average molecular weight is 346 g/mol. The highest BCUT2D eigenvalue weighted by molar-refractivity contribution is 6.33. The van der Waals surface area contributed by atoms with Gasteiger partial charge in [-0.3, -0.25) is 9.59 Å². The first-order valence-corrected chi connectivity index (χ1v) is 8.09. The fraction of sp³-hybridized carbons (Fsp3) is 0.222. The summed E-state index contributed by atoms with van der Waals surface area (Å²) in [5, 5.41) is 5.90. The number of rotatable bonds is 7. The fourth-order valence-corrected chi connectivity index (χ4v) is 2.33. The highest BCUT2D eigenvalue weighted by Crippen LogP contribution is 2.25. The molecule has 2 aromatic rings. The van der Waals surface area contributed by atoms with Gasteiger partial charge in [-0.05, 0) is 30.2 Å². The third kappa shape index (κ3) is 5.68. The van der Waals surface area contributed by atoms with E-state index in [9.17, 15) is 9.59 Å². The fourth-order valence-electron chi connectivity index (χ4n) is 2.17. The number of hydrogen-bond donors (Lipinski definition) is 3. The number of hydrogen-bond acceptors (Lipinski definition) is 3. The van der Waals surface area contributed by atoms with Crippen LogP contribution in [0.2, 0.25) is 5.02 Å². The Hall–Kier alpha value is -2.37. The second-order valence-electron chi connectivity index (χ2n) is 5.32. The van der Waals surface area contributed by atoms with Crippen molar-refractivity contribution in [2.45, 2.75) is 19.3 Å². The highest BCUT2D eigenvalue weighted by Gasteiger charge is 2.08. The van der Waals surface area contributed by atoms with E-state index in [1.54, 1.807) is 18.2 Å². The van der Waals surface area contributed by atoms with Crippen LogP contribution in [0.1, 0.15) is 18.4 Å². The van der Waals surface area contributed by atoms with Gasteiger partial charge in [-0.1, -0.05) is 41.9 Å². The molecule has 0 saturated heterocycles. The number of nitrogens with one attached hydrogen (secondary N) is 2. The summed E-state index contributed by atoms with van der Waals surface area (Å²) >= 11 is 6.06. The van der Waals surface area contributed by atoms with Crippen molar-refractivity contribution in [2.24, 2.45) is 5.73 Å². The summed E-state index contributed by atoms with van der Waals surface area (Å²) < 4.78 is 0. The van der Waals surface area contributed by atoms with Crippen LogP contribution >= 0.6 is 11.6 Å². The Bertz CT molecular complexity index is 705. The van der Waals surface area contributed by atoms with Gasteiger partial charge in [0.1, 0.15) is 0 Å². The van der Waals surface area contributed by atoms with E-state index in [1.165, 1.54) is 0 Å². The lowest BCUT2D eigenvalue weighted by Crippen LogP contribution is -2.17. The molecule has 0 aliphatic rings. The minimum absolute atomic E-state index is 0.0968. The van der Waals surface area contributed by atoms with Crippen molar-refractivity contribution >= 4 is 34.8 Å². The minimum atomic E-state index is -0.216. The topological polar surface area (TPSA) is 84.2 Å². The maximum Gasteiger partial charge on any atom is 0.225 e. The Balaban J connectivity index is 1.94. The molecule has 0 radical (unpaired) electrons. The number of anilines is 2. The predicted molar refractivity (Wildman–Crippen MR) is 97.1 cm³/mol. The Morgan fingerprint density at radius 2 is 1.67 bits per heavy atom. The first-order chi connectivity index (χ1) is 11.6. The third-order valence-corrected chi connectivity index (χ3v) is 3.71. The minimum Gasteiger partial charge on any atom is -0.330 e. The van der Waals surface area contributed by atoms with E-state index >= 15 is 0 Å². The standard InChI is InChI=1S/C18H20ClN3O2/c19-15-8-7-14(12-16(15)22-18(24)10-11-20)21-17(23)9-6-13-4-2-1-3-5-13/h1-5,7-8,12H,6,9-11,20H2,(H,21,23)(H,22,24). The first kappa shape index (κ1) is 18.0. The molecule has 6 heteroatoms. The quantitative estimate of drug-likeness (QED) is 0.720. The smallest absolute Gasteiger partial charge is 0.225 e. The molecule has 0 aliphatic carbocycles. The number of carbonyl (C=O) groups is 2. The van der Waals surface area contributed by atoms with Crippen LogP contribution in [0.15, 0.2) is 48.5 Å². The summed E-state index contributed by atoms with van der Waals surface area (Å²) in [6, 6.07) is 14.8. The van der Waals surface area contributed by atoms with Crippen LogP contribution < -0.4 is 16.4 Å². The molecule has 0 unspecified atom stereocenters. The van der Waals surface area contributed by atoms with Crippen LogP contribution in [0.3, 0.4) is 0 Å². The van der Waals surface area contributed by atoms with E-state index in [1.807, 2.05) is 30.3 Å². The summed E-state index contributed by atoms with van der Waals surface area (Å²) in [5.41, 5.74) is 7.50. The zero-order valence-corrected chi connectivity index (χ0v) is 14.0. The first-order valence-electron chi connectivity index (χ1n) is 7.71. The second-order valence-corrected chi connectivity index (χ2v) is 5.72. The van der Waals surface area contributed by atoms with Crippen LogP contribution in [0, 0.1) is 0 Å². The molecule has 0 saturated carbocycles. The Morgan fingerprint density at radius 1 is 0.958 bits per heavy atom. The number of halogens is 1. The van der Waals surface area contributed by atoms with E-state index < -0.39 is 0 Å². The van der Waals surface area contributed by atoms with Crippen LogP contribution in [0.4, 0.5) is 11.4 Å². The molecule has 0 spiro atoms. The third-order valence-electron chi connectivity index (χ3n) is 3.38. The van der Waals surface area contributed by atoms with E-state index in [4.69, 9.17) is 17.3 Å². The molecular formula is C18H20ClN3O2. The zero-order valence-electron chi connectivity index (χ0n) is 13.2. The van der Waals surface area contributed by atoms with Crippen molar-refractivity contribution in [3.8, 4) is 0 Å². The molecule has 2 aromatic carbocycles. The summed E-state index contributed by atoms with van der Waals surface area (Å²) in [7, 11) is 0. The number of benzene rings is 2. The maximum atomic E-state index is 12.1. The van der Waals surface area contributed by atoms with Gasteiger partial charge in [-0.2, -0.15) is 0 Å². The Morgan fingerprint density at radius 3 is 2.38 bits per heavy atom. The SMILES string of the molecule is NCCC(=O)Nc1cc(NC(=O)CCc2ccccc2)ccc1Cl. The zero-order chi connectivity index (χ0) is 17.4. The van der Waals surface area contributed by atoms with Gasteiger partial charge in [0, 0.05) is 25.1 Å². The van der Waals surface area contributed by atoms with Crippen molar-refractivity contribution in [2.75, 3.05) is 17.2 Å². The van der Waals surface area contributed by atoms with E-state index in [-0.39, 0.29) is 24.8 Å². The van der Waals surface area contributed by atoms with E-state index in [2.05, 4.69) is 10.6 Å². The summed E-state index contributed by atoms with van der Waals surface area (Å²) in [4.78, 5) is 23.7. The van der Waals surface area contributed by atoms with Crippen LogP contribution in [0.25, 0.3) is 0 Å². The molecule has 0 bridgehead atoms. The molecule has 2 amide bonds. The van der Waals surface area contributed by atoms with Gasteiger partial charge in [0.25, 0.3) is 0 Å². The van der Waals surface area contributed by atoms with Crippen LogP contribution in [0.5, 0.6) is 0 Å². The molecule has 2 rings (SSSR count). The van der Waals surface area contributed by atoms with Gasteiger partial charge in [0.2, 0.25) is 11.8 Å². The molecule has 0 fully saturated rings.